The molecular weight excluding hydrogens is 377 g/mol. The Morgan fingerprint density at radius 2 is 1.90 bits per heavy atom. The molecule has 0 radical (unpaired) electrons. The first-order valence-corrected chi connectivity index (χ1v) is 9.33. The van der Waals surface area contributed by atoms with E-state index in [-0.39, 0.29) is 31.7 Å². The van der Waals surface area contributed by atoms with Crippen LogP contribution in [0.3, 0.4) is 0 Å². The molecule has 150 valence electrons. The molecule has 2 N–H and O–H groups in total. The zero-order chi connectivity index (χ0) is 20.6. The van der Waals surface area contributed by atoms with Crippen LogP contribution in [0.4, 0.5) is 4.39 Å². The van der Waals surface area contributed by atoms with Gasteiger partial charge in [0.2, 0.25) is 0 Å². The number of carbonyl (C=O) groups is 2. The van der Waals surface area contributed by atoms with Gasteiger partial charge in [-0.1, -0.05) is 30.3 Å². The number of piperidine rings is 1. The van der Waals surface area contributed by atoms with Gasteiger partial charge in [0.15, 0.2) is 5.76 Å². The Morgan fingerprint density at radius 3 is 2.59 bits per heavy atom. The number of aliphatic hydroxyl groups excluding tert-OH is 1. The summed E-state index contributed by atoms with van der Waals surface area (Å²) in [6, 6.07) is 14.3. The molecule has 1 saturated heterocycles. The Hall–Kier alpha value is -3.19. The minimum absolute atomic E-state index is 0.0201. The Bertz CT molecular complexity index is 1030. The number of rotatable bonds is 4. The minimum atomic E-state index is -1.59. The SMILES string of the molecule is O=C(c1cc2ccccc2o1)N1CC[C@@H](O)[C@](Cc2ccc(F)cc2)(C(=O)O)C1. The van der Waals surface area contributed by atoms with Crippen molar-refractivity contribution in [1.29, 1.82) is 0 Å². The Morgan fingerprint density at radius 1 is 1.17 bits per heavy atom. The number of hydrogen-bond donors (Lipinski definition) is 2. The number of nitrogens with zero attached hydrogens (tertiary/aromatic N) is 1. The molecule has 6 nitrogen and oxygen atoms in total. The number of carbonyl (C=O) groups excluding carboxylic acids is 1. The molecule has 3 aromatic rings. The molecule has 0 unspecified atom stereocenters. The smallest absolute Gasteiger partial charge is 0.314 e. The molecule has 0 aliphatic carbocycles. The highest BCUT2D eigenvalue weighted by molar-refractivity contribution is 5.96. The second kappa shape index (κ2) is 7.33. The molecule has 0 saturated carbocycles. The van der Waals surface area contributed by atoms with E-state index in [0.717, 1.165) is 5.39 Å². The van der Waals surface area contributed by atoms with Crippen molar-refractivity contribution in [1.82, 2.24) is 4.90 Å². The number of amides is 1. The lowest BCUT2D eigenvalue weighted by Crippen LogP contribution is -2.58. The van der Waals surface area contributed by atoms with Gasteiger partial charge < -0.3 is 19.5 Å². The molecule has 0 bridgehead atoms. The van der Waals surface area contributed by atoms with Crippen LogP contribution in [-0.2, 0) is 11.2 Å². The first-order chi connectivity index (χ1) is 13.9. The number of carboxylic acid groups (broad SMARTS) is 1. The van der Waals surface area contributed by atoms with Gasteiger partial charge in [0.25, 0.3) is 5.91 Å². The Balaban J connectivity index is 1.63. The van der Waals surface area contributed by atoms with Crippen molar-refractivity contribution < 1.29 is 28.6 Å². The van der Waals surface area contributed by atoms with Crippen molar-refractivity contribution >= 4 is 22.8 Å². The standard InChI is InChI=1S/C22H20FNO5/c23-16-7-5-14(6-8-16)12-22(21(27)28)13-24(10-9-19(22)25)20(26)18-11-15-3-1-2-4-17(15)29-18/h1-8,11,19,25H,9-10,12-13H2,(H,27,28)/t19-,22-/m1/s1. The first-order valence-electron chi connectivity index (χ1n) is 9.33. The summed E-state index contributed by atoms with van der Waals surface area (Å²) in [5, 5.41) is 21.3. The highest BCUT2D eigenvalue weighted by atomic mass is 19.1. The molecule has 1 aliphatic heterocycles. The molecule has 4 rings (SSSR count). The number of furan rings is 1. The van der Waals surface area contributed by atoms with Crippen LogP contribution in [0.2, 0.25) is 0 Å². The van der Waals surface area contributed by atoms with E-state index in [4.69, 9.17) is 4.42 Å². The molecule has 2 aromatic carbocycles. The zero-order valence-electron chi connectivity index (χ0n) is 15.5. The summed E-state index contributed by atoms with van der Waals surface area (Å²) in [6.45, 7) is 0.0479. The molecule has 1 aliphatic rings. The van der Waals surface area contributed by atoms with Crippen LogP contribution in [-0.4, -0.2) is 46.2 Å². The van der Waals surface area contributed by atoms with Crippen molar-refractivity contribution in [3.05, 3.63) is 71.7 Å². The van der Waals surface area contributed by atoms with Crippen LogP contribution in [0.5, 0.6) is 0 Å². The predicted octanol–water partition coefficient (Wildman–Crippen LogP) is 3.09. The average molecular weight is 397 g/mol. The summed E-state index contributed by atoms with van der Waals surface area (Å²) < 4.78 is 18.8. The van der Waals surface area contributed by atoms with Gasteiger partial charge in [-0.2, -0.15) is 0 Å². The van der Waals surface area contributed by atoms with E-state index in [1.165, 1.54) is 29.2 Å². The predicted molar refractivity (Wildman–Crippen MR) is 103 cm³/mol. The maximum atomic E-state index is 13.2. The number of para-hydroxylation sites is 1. The summed E-state index contributed by atoms with van der Waals surface area (Å²) in [7, 11) is 0. The van der Waals surface area contributed by atoms with E-state index in [0.29, 0.717) is 11.1 Å². The monoisotopic (exact) mass is 397 g/mol. The van der Waals surface area contributed by atoms with E-state index in [1.807, 2.05) is 12.1 Å². The Kier molecular flexibility index (Phi) is 4.84. The molecule has 1 amide bonds. The van der Waals surface area contributed by atoms with E-state index in [1.54, 1.807) is 18.2 Å². The number of aliphatic hydroxyl groups is 1. The van der Waals surface area contributed by atoms with E-state index >= 15 is 0 Å². The molecule has 29 heavy (non-hydrogen) atoms. The van der Waals surface area contributed by atoms with Gasteiger partial charge in [0, 0.05) is 18.5 Å². The summed E-state index contributed by atoms with van der Waals surface area (Å²) in [6.07, 6.45) is -1.03. The maximum Gasteiger partial charge on any atom is 0.314 e. The van der Waals surface area contributed by atoms with Crippen molar-refractivity contribution in [3.8, 4) is 0 Å². The summed E-state index contributed by atoms with van der Waals surface area (Å²) in [5.41, 5.74) is -0.438. The largest absolute Gasteiger partial charge is 0.481 e. The molecule has 2 atom stereocenters. The fourth-order valence-corrected chi connectivity index (χ4v) is 3.92. The molecule has 7 heteroatoms. The number of fused-ring (bicyclic) bond motifs is 1. The topological polar surface area (TPSA) is 91.0 Å². The second-order valence-electron chi connectivity index (χ2n) is 7.44. The van der Waals surface area contributed by atoms with Gasteiger partial charge in [-0.25, -0.2) is 4.39 Å². The lowest BCUT2D eigenvalue weighted by atomic mass is 9.72. The van der Waals surface area contributed by atoms with E-state index < -0.39 is 29.2 Å². The zero-order valence-corrected chi connectivity index (χ0v) is 15.5. The first kappa shape index (κ1) is 19.1. The fourth-order valence-electron chi connectivity index (χ4n) is 3.92. The van der Waals surface area contributed by atoms with Crippen LogP contribution in [0, 0.1) is 11.2 Å². The van der Waals surface area contributed by atoms with Crippen LogP contribution in [0.25, 0.3) is 11.0 Å². The van der Waals surface area contributed by atoms with E-state index in [9.17, 15) is 24.2 Å². The third-order valence-corrected chi connectivity index (χ3v) is 5.57. The van der Waals surface area contributed by atoms with Crippen molar-refractivity contribution in [2.24, 2.45) is 5.41 Å². The third-order valence-electron chi connectivity index (χ3n) is 5.57. The molecular formula is C22H20FNO5. The fraction of sp³-hybridized carbons (Fsp3) is 0.273. The van der Waals surface area contributed by atoms with Crippen molar-refractivity contribution in [2.75, 3.05) is 13.1 Å². The maximum absolute atomic E-state index is 13.2. The minimum Gasteiger partial charge on any atom is -0.481 e. The van der Waals surface area contributed by atoms with Gasteiger partial charge in [0.1, 0.15) is 16.8 Å². The molecule has 1 aromatic heterocycles. The lowest BCUT2D eigenvalue weighted by Gasteiger charge is -2.43. The Labute approximate surface area is 166 Å². The number of carboxylic acids is 1. The number of hydrogen-bond acceptors (Lipinski definition) is 4. The highest BCUT2D eigenvalue weighted by Gasteiger charge is 2.50. The van der Waals surface area contributed by atoms with Gasteiger partial charge in [-0.05, 0) is 42.7 Å². The molecule has 2 heterocycles. The normalized spacial score (nSPS) is 22.0. The van der Waals surface area contributed by atoms with Crippen LogP contribution in [0.1, 0.15) is 22.5 Å². The molecule has 1 fully saturated rings. The quantitative estimate of drug-likeness (QED) is 0.706. The van der Waals surface area contributed by atoms with Gasteiger partial charge in [-0.3, -0.25) is 9.59 Å². The van der Waals surface area contributed by atoms with Crippen LogP contribution >= 0.6 is 0 Å². The van der Waals surface area contributed by atoms with Gasteiger partial charge >= 0.3 is 5.97 Å². The van der Waals surface area contributed by atoms with E-state index in [2.05, 4.69) is 0 Å². The summed E-state index contributed by atoms with van der Waals surface area (Å²) in [5.74, 6) is -1.91. The molecule has 0 spiro atoms. The van der Waals surface area contributed by atoms with Crippen LogP contribution in [0.15, 0.2) is 59.0 Å². The van der Waals surface area contributed by atoms with Crippen molar-refractivity contribution in [2.45, 2.75) is 18.9 Å². The number of aliphatic carboxylic acids is 1. The number of halogens is 1. The van der Waals surface area contributed by atoms with Gasteiger partial charge in [-0.15, -0.1) is 0 Å². The average Bonchev–Trinajstić information content (AvgIpc) is 3.15. The lowest BCUT2D eigenvalue weighted by molar-refractivity contribution is -0.161. The second-order valence-corrected chi connectivity index (χ2v) is 7.44. The highest BCUT2D eigenvalue weighted by Crippen LogP contribution is 2.36. The third kappa shape index (κ3) is 3.49. The van der Waals surface area contributed by atoms with Gasteiger partial charge in [0.05, 0.1) is 6.10 Å². The summed E-state index contributed by atoms with van der Waals surface area (Å²) in [4.78, 5) is 26.6. The van der Waals surface area contributed by atoms with Crippen LogP contribution < -0.4 is 0 Å². The number of likely N-dealkylation sites (tertiary alicyclic amines) is 1. The van der Waals surface area contributed by atoms with Crippen molar-refractivity contribution in [3.63, 3.8) is 0 Å². The summed E-state index contributed by atoms with van der Waals surface area (Å²) >= 11 is 0. The number of benzene rings is 2.